The molecule has 3 atom stereocenters. The number of methoxy groups -OCH3 is 1. The molecule has 1 aromatic carbocycles. The van der Waals surface area contributed by atoms with Gasteiger partial charge in [0.15, 0.2) is 11.5 Å². The molecule has 3 fully saturated rings. The third-order valence-electron chi connectivity index (χ3n) is 10.00. The summed E-state index contributed by atoms with van der Waals surface area (Å²) in [7, 11) is 3.66. The van der Waals surface area contributed by atoms with Gasteiger partial charge in [0.1, 0.15) is 23.2 Å². The Labute approximate surface area is 253 Å². The van der Waals surface area contributed by atoms with E-state index in [0.717, 1.165) is 76.4 Å². The van der Waals surface area contributed by atoms with Crippen LogP contribution in [0.2, 0.25) is 0 Å². The number of aromatic nitrogens is 7. The number of pyridine rings is 2. The van der Waals surface area contributed by atoms with Gasteiger partial charge in [0.25, 0.3) is 5.91 Å². The van der Waals surface area contributed by atoms with Gasteiger partial charge in [0, 0.05) is 54.9 Å². The standard InChI is InChI=1S/C33H33N9O2/c1-39-30-24(11-22(13-27(30)44-2)33(43)41-15-21-6-9-25(41)29(21)34)38-32(39)26-12-19-5-8-23(37-31(19)40(26)14-18-3-4-18)20-7-10-28-35-17-36-42(28)16-20/h5,7-8,10-13,16-18,21,25,29H,3-4,6,9,14-15,34H2,1-2H3/t21?,25?,29-/m1/s1. The Morgan fingerprint density at radius 1 is 1.07 bits per heavy atom. The van der Waals surface area contributed by atoms with E-state index < -0.39 is 0 Å². The predicted octanol–water partition coefficient (Wildman–Crippen LogP) is 4.28. The number of ether oxygens (including phenoxy) is 1. The second kappa shape index (κ2) is 9.36. The van der Waals surface area contributed by atoms with Crippen LogP contribution in [0.3, 0.4) is 0 Å². The zero-order valence-electron chi connectivity index (χ0n) is 24.7. The van der Waals surface area contributed by atoms with Crippen LogP contribution in [0.1, 0.15) is 36.0 Å². The third-order valence-corrected chi connectivity index (χ3v) is 10.00. The Morgan fingerprint density at radius 3 is 2.73 bits per heavy atom. The molecule has 3 aliphatic rings. The van der Waals surface area contributed by atoms with Gasteiger partial charge in [-0.2, -0.15) is 5.10 Å². The van der Waals surface area contributed by atoms with Crippen LogP contribution in [0.15, 0.2) is 55.0 Å². The van der Waals surface area contributed by atoms with Crippen molar-refractivity contribution >= 4 is 33.6 Å². The van der Waals surface area contributed by atoms with Crippen molar-refractivity contribution in [1.82, 2.24) is 38.6 Å². The molecule has 1 saturated heterocycles. The number of carbonyl (C=O) groups excluding carboxylic acids is 1. The van der Waals surface area contributed by atoms with Crippen molar-refractivity contribution in [1.29, 1.82) is 0 Å². The van der Waals surface area contributed by atoms with Crippen molar-refractivity contribution in [3.8, 4) is 28.5 Å². The number of rotatable bonds is 6. The summed E-state index contributed by atoms with van der Waals surface area (Å²) in [6.07, 6.45) is 8.02. The number of piperidine rings is 1. The van der Waals surface area contributed by atoms with Gasteiger partial charge in [-0.15, -0.1) is 0 Å². The number of imidazole rings is 1. The van der Waals surface area contributed by atoms with Crippen LogP contribution >= 0.6 is 0 Å². The average molecular weight is 588 g/mol. The summed E-state index contributed by atoms with van der Waals surface area (Å²) in [5, 5.41) is 5.35. The minimum Gasteiger partial charge on any atom is -0.494 e. The van der Waals surface area contributed by atoms with Gasteiger partial charge in [0.2, 0.25) is 0 Å². The normalized spacial score (nSPS) is 21.3. The summed E-state index contributed by atoms with van der Waals surface area (Å²) in [5.74, 6) is 2.47. The Morgan fingerprint density at radius 2 is 1.95 bits per heavy atom. The van der Waals surface area contributed by atoms with E-state index in [2.05, 4.69) is 37.4 Å². The number of amides is 1. The van der Waals surface area contributed by atoms with Crippen molar-refractivity contribution in [3.63, 3.8) is 0 Å². The summed E-state index contributed by atoms with van der Waals surface area (Å²) in [4.78, 5) is 30.2. The van der Waals surface area contributed by atoms with Crippen molar-refractivity contribution in [2.75, 3.05) is 13.7 Å². The van der Waals surface area contributed by atoms with Crippen molar-refractivity contribution in [2.45, 2.75) is 44.3 Å². The number of nitrogens with zero attached hydrogens (tertiary/aromatic N) is 8. The number of benzene rings is 1. The molecule has 1 aliphatic heterocycles. The van der Waals surface area contributed by atoms with E-state index in [9.17, 15) is 4.79 Å². The number of hydrogen-bond donors (Lipinski definition) is 1. The van der Waals surface area contributed by atoms with E-state index in [1.54, 1.807) is 18.0 Å². The molecule has 5 aromatic heterocycles. The summed E-state index contributed by atoms with van der Waals surface area (Å²) in [6, 6.07) is 14.3. The van der Waals surface area contributed by atoms with E-state index in [1.807, 2.05) is 42.4 Å². The maximum Gasteiger partial charge on any atom is 0.254 e. The smallest absolute Gasteiger partial charge is 0.254 e. The van der Waals surface area contributed by atoms with Gasteiger partial charge in [-0.3, -0.25) is 4.79 Å². The molecule has 9 rings (SSSR count). The Kier molecular flexibility index (Phi) is 5.47. The first-order valence-corrected chi connectivity index (χ1v) is 15.4. The summed E-state index contributed by atoms with van der Waals surface area (Å²) in [6.45, 7) is 1.60. The number of aryl methyl sites for hydroxylation is 1. The Hall–Kier alpha value is -4.77. The molecule has 1 amide bonds. The summed E-state index contributed by atoms with van der Waals surface area (Å²) in [5.41, 5.74) is 13.2. The SMILES string of the molecule is COc1cc(C(=O)N2CC3CCC2[C@@H]3N)cc2nc(-c3cc4ccc(-c5ccc6ncnn6c5)nc4n3CC3CC3)n(C)c12. The van der Waals surface area contributed by atoms with E-state index in [-0.39, 0.29) is 18.0 Å². The maximum absolute atomic E-state index is 13.7. The molecule has 11 heteroatoms. The fourth-order valence-corrected chi connectivity index (χ4v) is 7.45. The fourth-order valence-electron chi connectivity index (χ4n) is 7.45. The van der Waals surface area contributed by atoms with Crippen molar-refractivity contribution in [3.05, 3.63) is 60.6 Å². The average Bonchev–Trinajstić information content (AvgIpc) is 3.34. The van der Waals surface area contributed by atoms with E-state index in [1.165, 1.54) is 12.8 Å². The highest BCUT2D eigenvalue weighted by Crippen LogP contribution is 2.40. The lowest BCUT2D eigenvalue weighted by Crippen LogP contribution is -2.41. The molecule has 44 heavy (non-hydrogen) atoms. The lowest BCUT2D eigenvalue weighted by atomic mass is 10.1. The highest BCUT2D eigenvalue weighted by Gasteiger charge is 2.47. The first-order valence-electron chi connectivity index (χ1n) is 15.4. The number of hydrogen-bond acceptors (Lipinski definition) is 7. The van der Waals surface area contributed by atoms with Gasteiger partial charge < -0.3 is 24.5 Å². The maximum atomic E-state index is 13.7. The lowest BCUT2D eigenvalue weighted by molar-refractivity contribution is 0.0700. The van der Waals surface area contributed by atoms with Crippen molar-refractivity contribution < 1.29 is 9.53 Å². The van der Waals surface area contributed by atoms with Crippen LogP contribution in [0.4, 0.5) is 0 Å². The minimum atomic E-state index is 0.00344. The zero-order chi connectivity index (χ0) is 29.7. The topological polar surface area (TPSA) is 121 Å². The monoisotopic (exact) mass is 587 g/mol. The Balaban J connectivity index is 1.16. The first-order chi connectivity index (χ1) is 21.5. The third kappa shape index (κ3) is 3.81. The molecule has 11 nitrogen and oxygen atoms in total. The minimum absolute atomic E-state index is 0.00344. The largest absolute Gasteiger partial charge is 0.494 e. The van der Waals surface area contributed by atoms with Gasteiger partial charge in [-0.25, -0.2) is 19.5 Å². The van der Waals surface area contributed by atoms with E-state index in [0.29, 0.717) is 23.1 Å². The van der Waals surface area contributed by atoms with Crippen LogP contribution < -0.4 is 10.5 Å². The van der Waals surface area contributed by atoms with Crippen LogP contribution in [-0.2, 0) is 13.6 Å². The molecule has 0 radical (unpaired) electrons. The molecule has 2 bridgehead atoms. The van der Waals surface area contributed by atoms with E-state index >= 15 is 0 Å². The van der Waals surface area contributed by atoms with Crippen LogP contribution in [0.25, 0.3) is 50.5 Å². The number of nitrogens with two attached hydrogens (primary N) is 1. The molecule has 2 saturated carbocycles. The number of carbonyl (C=O) groups is 1. The number of likely N-dealkylation sites (tertiary alicyclic amines) is 1. The molecule has 6 aromatic rings. The predicted molar refractivity (Wildman–Crippen MR) is 166 cm³/mol. The molecule has 2 N–H and O–H groups in total. The van der Waals surface area contributed by atoms with Crippen LogP contribution in [-0.4, -0.2) is 70.2 Å². The summed E-state index contributed by atoms with van der Waals surface area (Å²) < 4.78 is 12.0. The second-order valence-corrected chi connectivity index (χ2v) is 12.7. The highest BCUT2D eigenvalue weighted by atomic mass is 16.5. The lowest BCUT2D eigenvalue weighted by Gasteiger charge is -2.27. The van der Waals surface area contributed by atoms with Gasteiger partial charge in [-0.05, 0) is 80.0 Å². The molecular weight excluding hydrogens is 554 g/mol. The van der Waals surface area contributed by atoms with Gasteiger partial charge >= 0.3 is 0 Å². The Bertz CT molecular complexity index is 2120. The first kappa shape index (κ1) is 25.7. The van der Waals surface area contributed by atoms with Gasteiger partial charge in [-0.1, -0.05) is 0 Å². The molecule has 2 aliphatic carbocycles. The fraction of sp³-hybridized carbons (Fsp3) is 0.364. The summed E-state index contributed by atoms with van der Waals surface area (Å²) >= 11 is 0. The molecule has 222 valence electrons. The van der Waals surface area contributed by atoms with Crippen LogP contribution in [0.5, 0.6) is 5.75 Å². The molecule has 0 spiro atoms. The molecular formula is C33H33N9O2. The molecule has 2 unspecified atom stereocenters. The van der Waals surface area contributed by atoms with Crippen LogP contribution in [0, 0.1) is 11.8 Å². The zero-order valence-corrected chi connectivity index (χ0v) is 24.7. The number of fused-ring (bicyclic) bond motifs is 5. The van der Waals surface area contributed by atoms with Gasteiger partial charge in [0.05, 0.1) is 24.0 Å². The quantitative estimate of drug-likeness (QED) is 0.309. The van der Waals surface area contributed by atoms with E-state index in [4.69, 9.17) is 20.4 Å². The second-order valence-electron chi connectivity index (χ2n) is 12.7. The van der Waals surface area contributed by atoms with Crippen molar-refractivity contribution in [2.24, 2.45) is 24.6 Å². The molecule has 6 heterocycles. The highest BCUT2D eigenvalue weighted by molar-refractivity contribution is 6.00.